The molecule has 2 aromatic carbocycles. The molecule has 0 saturated heterocycles. The molecule has 0 heterocycles. The van der Waals surface area contributed by atoms with Crippen LogP contribution in [0.25, 0.3) is 0 Å². The van der Waals surface area contributed by atoms with Crippen LogP contribution in [0.5, 0.6) is 11.5 Å². The van der Waals surface area contributed by atoms with Crippen molar-refractivity contribution in [3.63, 3.8) is 0 Å². The first kappa shape index (κ1) is 20.1. The Labute approximate surface area is 153 Å². The Morgan fingerprint density at radius 3 is 2.37 bits per heavy atom. The lowest BCUT2D eigenvalue weighted by Gasteiger charge is -2.13. The maximum absolute atomic E-state index is 12.8. The number of amides is 2. The first-order chi connectivity index (χ1) is 12.9. The van der Waals surface area contributed by atoms with Gasteiger partial charge in [-0.05, 0) is 42.8 Å². The van der Waals surface area contributed by atoms with Crippen molar-refractivity contribution in [2.45, 2.75) is 20.0 Å². The van der Waals surface area contributed by atoms with Crippen molar-refractivity contribution < 1.29 is 32.2 Å². The molecule has 0 saturated carbocycles. The monoisotopic (exact) mass is 382 g/mol. The van der Waals surface area contributed by atoms with Crippen molar-refractivity contribution in [3.05, 3.63) is 59.4 Å². The van der Waals surface area contributed by atoms with Crippen LogP contribution in [0.4, 0.5) is 13.2 Å². The zero-order valence-corrected chi connectivity index (χ0v) is 14.3. The molecule has 27 heavy (non-hydrogen) atoms. The number of benzene rings is 2. The van der Waals surface area contributed by atoms with Crippen LogP contribution in [0.2, 0.25) is 0 Å². The van der Waals surface area contributed by atoms with E-state index in [0.717, 1.165) is 0 Å². The van der Waals surface area contributed by atoms with Gasteiger partial charge >= 0.3 is 6.61 Å². The molecular weight excluding hydrogens is 365 g/mol. The number of hydrazine groups is 1. The van der Waals surface area contributed by atoms with Gasteiger partial charge in [-0.3, -0.25) is 20.4 Å². The van der Waals surface area contributed by atoms with E-state index in [2.05, 4.69) is 15.6 Å². The smallest absolute Gasteiger partial charge is 0.387 e. The average molecular weight is 382 g/mol. The molecule has 0 fully saturated rings. The summed E-state index contributed by atoms with van der Waals surface area (Å²) < 4.78 is 47.1. The summed E-state index contributed by atoms with van der Waals surface area (Å²) in [7, 11) is 0. The van der Waals surface area contributed by atoms with Crippen molar-refractivity contribution in [1.82, 2.24) is 10.9 Å². The van der Waals surface area contributed by atoms with E-state index in [9.17, 15) is 22.8 Å². The van der Waals surface area contributed by atoms with E-state index in [1.54, 1.807) is 6.92 Å². The summed E-state index contributed by atoms with van der Waals surface area (Å²) in [6.07, 6.45) is -0.0636. The molecule has 6 nitrogen and oxygen atoms in total. The fourth-order valence-electron chi connectivity index (χ4n) is 2.14. The van der Waals surface area contributed by atoms with Gasteiger partial charge in [0.1, 0.15) is 5.82 Å². The highest BCUT2D eigenvalue weighted by Gasteiger charge is 2.15. The van der Waals surface area contributed by atoms with E-state index < -0.39 is 24.2 Å². The quantitative estimate of drug-likeness (QED) is 0.722. The van der Waals surface area contributed by atoms with Crippen LogP contribution in [-0.2, 0) is 11.2 Å². The molecule has 0 unspecified atom stereocenters. The molecule has 0 spiro atoms. The number of hydrogen-bond acceptors (Lipinski definition) is 4. The van der Waals surface area contributed by atoms with Crippen LogP contribution >= 0.6 is 0 Å². The molecular formula is C18H17F3N2O4. The standard InChI is InChI=1S/C18H17F3N2O4/c1-2-26-15-10-12(5-8-14(15)27-18(20)21)17(25)23-22-16(24)9-11-3-6-13(19)7-4-11/h3-8,10,18H,2,9H2,1H3,(H,22,24)(H,23,25). The van der Waals surface area contributed by atoms with Crippen molar-refractivity contribution in [2.75, 3.05) is 6.61 Å². The summed E-state index contributed by atoms with van der Waals surface area (Å²) in [5.74, 6) is -1.84. The SMILES string of the molecule is CCOc1cc(C(=O)NNC(=O)Cc2ccc(F)cc2)ccc1OC(F)F. The Morgan fingerprint density at radius 1 is 1.04 bits per heavy atom. The fourth-order valence-corrected chi connectivity index (χ4v) is 2.14. The number of rotatable bonds is 7. The maximum atomic E-state index is 12.8. The van der Waals surface area contributed by atoms with Crippen molar-refractivity contribution in [2.24, 2.45) is 0 Å². The predicted octanol–water partition coefficient (Wildman–Crippen LogP) is 2.83. The number of nitrogens with one attached hydrogen (secondary N) is 2. The van der Waals surface area contributed by atoms with Crippen molar-refractivity contribution >= 4 is 11.8 Å². The number of ether oxygens (including phenoxy) is 2. The van der Waals surface area contributed by atoms with Gasteiger partial charge in [0.2, 0.25) is 5.91 Å². The molecule has 2 N–H and O–H groups in total. The van der Waals surface area contributed by atoms with Gasteiger partial charge in [0.15, 0.2) is 11.5 Å². The molecule has 0 aliphatic rings. The van der Waals surface area contributed by atoms with Gasteiger partial charge in [0.05, 0.1) is 13.0 Å². The topological polar surface area (TPSA) is 76.7 Å². The minimum Gasteiger partial charge on any atom is -0.490 e. The lowest BCUT2D eigenvalue weighted by Crippen LogP contribution is -2.42. The molecule has 2 aromatic rings. The van der Waals surface area contributed by atoms with E-state index in [0.29, 0.717) is 5.56 Å². The van der Waals surface area contributed by atoms with E-state index in [-0.39, 0.29) is 30.1 Å². The van der Waals surface area contributed by atoms with Crippen LogP contribution in [0.3, 0.4) is 0 Å². The lowest BCUT2D eigenvalue weighted by atomic mass is 10.1. The second-order valence-corrected chi connectivity index (χ2v) is 5.28. The first-order valence-electron chi connectivity index (χ1n) is 7.94. The highest BCUT2D eigenvalue weighted by molar-refractivity contribution is 5.96. The molecule has 0 radical (unpaired) electrons. The summed E-state index contributed by atoms with van der Waals surface area (Å²) in [4.78, 5) is 23.9. The summed E-state index contributed by atoms with van der Waals surface area (Å²) in [5.41, 5.74) is 5.06. The molecule has 144 valence electrons. The largest absolute Gasteiger partial charge is 0.490 e. The Balaban J connectivity index is 1.97. The van der Waals surface area contributed by atoms with Crippen molar-refractivity contribution in [3.8, 4) is 11.5 Å². The second-order valence-electron chi connectivity index (χ2n) is 5.28. The van der Waals surface area contributed by atoms with Gasteiger partial charge in [-0.15, -0.1) is 0 Å². The zero-order valence-electron chi connectivity index (χ0n) is 14.3. The minimum absolute atomic E-state index is 0.0249. The van der Waals surface area contributed by atoms with Crippen LogP contribution in [0, 0.1) is 5.82 Å². The van der Waals surface area contributed by atoms with Gasteiger partial charge in [-0.2, -0.15) is 8.78 Å². The summed E-state index contributed by atoms with van der Waals surface area (Å²) >= 11 is 0. The lowest BCUT2D eigenvalue weighted by molar-refractivity contribution is -0.121. The van der Waals surface area contributed by atoms with Gasteiger partial charge in [-0.1, -0.05) is 12.1 Å². The number of alkyl halides is 2. The number of hydrogen-bond donors (Lipinski definition) is 2. The third-order valence-corrected chi connectivity index (χ3v) is 3.32. The summed E-state index contributed by atoms with van der Waals surface area (Å²) in [6.45, 7) is -1.21. The van der Waals surface area contributed by atoms with Gasteiger partial charge in [-0.25, -0.2) is 4.39 Å². The molecule has 9 heteroatoms. The van der Waals surface area contributed by atoms with E-state index in [1.807, 2.05) is 0 Å². The minimum atomic E-state index is -3.03. The molecule has 2 amide bonds. The summed E-state index contributed by atoms with van der Waals surface area (Å²) in [6, 6.07) is 9.00. The molecule has 0 bridgehead atoms. The van der Waals surface area contributed by atoms with Crippen LogP contribution in [0.15, 0.2) is 42.5 Å². The Kier molecular flexibility index (Phi) is 7.04. The Morgan fingerprint density at radius 2 is 1.74 bits per heavy atom. The van der Waals surface area contributed by atoms with Crippen molar-refractivity contribution in [1.29, 1.82) is 0 Å². The second kappa shape index (κ2) is 9.46. The number of halogens is 3. The van der Waals surface area contributed by atoms with Crippen LogP contribution < -0.4 is 20.3 Å². The van der Waals surface area contributed by atoms with E-state index >= 15 is 0 Å². The molecule has 0 atom stereocenters. The predicted molar refractivity (Wildman–Crippen MR) is 90.0 cm³/mol. The van der Waals surface area contributed by atoms with Gasteiger partial charge < -0.3 is 9.47 Å². The highest BCUT2D eigenvalue weighted by atomic mass is 19.3. The van der Waals surface area contributed by atoms with Crippen LogP contribution in [-0.4, -0.2) is 25.0 Å². The van der Waals surface area contributed by atoms with E-state index in [4.69, 9.17) is 4.74 Å². The normalized spacial score (nSPS) is 10.4. The molecule has 0 aromatic heterocycles. The Hall–Kier alpha value is -3.23. The third kappa shape index (κ3) is 6.21. The highest BCUT2D eigenvalue weighted by Crippen LogP contribution is 2.29. The molecule has 0 aliphatic carbocycles. The number of carbonyl (C=O) groups is 2. The Bertz CT molecular complexity index is 798. The van der Waals surface area contributed by atoms with Crippen LogP contribution in [0.1, 0.15) is 22.8 Å². The summed E-state index contributed by atoms with van der Waals surface area (Å²) in [5, 5.41) is 0. The number of carbonyl (C=O) groups excluding carboxylic acids is 2. The molecule has 0 aliphatic heterocycles. The van der Waals surface area contributed by atoms with E-state index in [1.165, 1.54) is 42.5 Å². The third-order valence-electron chi connectivity index (χ3n) is 3.32. The zero-order chi connectivity index (χ0) is 19.8. The van der Waals surface area contributed by atoms with Gasteiger partial charge in [0.25, 0.3) is 5.91 Å². The average Bonchev–Trinajstić information content (AvgIpc) is 2.63. The maximum Gasteiger partial charge on any atom is 0.387 e. The fraction of sp³-hybridized carbons (Fsp3) is 0.222. The first-order valence-corrected chi connectivity index (χ1v) is 7.94. The van der Waals surface area contributed by atoms with Gasteiger partial charge in [0, 0.05) is 5.56 Å². The molecule has 2 rings (SSSR count).